The number of carbonyl (C=O) groups is 1. The van der Waals surface area contributed by atoms with Gasteiger partial charge < -0.3 is 4.74 Å². The standard InChI is InChI=1S/C14H9Cl2FO2/c15-12-5-10(7-18)6-13(16)14(12)19-8-9-2-1-3-11(17)4-9/h1-7H,8H2. The summed E-state index contributed by atoms with van der Waals surface area (Å²) in [7, 11) is 0. The monoisotopic (exact) mass is 298 g/mol. The molecule has 98 valence electrons. The summed E-state index contributed by atoms with van der Waals surface area (Å²) in [6, 6.07) is 8.95. The van der Waals surface area contributed by atoms with E-state index in [0.717, 1.165) is 0 Å². The highest BCUT2D eigenvalue weighted by Crippen LogP contribution is 2.34. The van der Waals surface area contributed by atoms with E-state index in [9.17, 15) is 9.18 Å². The van der Waals surface area contributed by atoms with Crippen LogP contribution in [0.15, 0.2) is 36.4 Å². The van der Waals surface area contributed by atoms with Crippen molar-refractivity contribution in [3.8, 4) is 5.75 Å². The Bertz CT molecular complexity index is 591. The zero-order chi connectivity index (χ0) is 13.8. The van der Waals surface area contributed by atoms with Gasteiger partial charge >= 0.3 is 0 Å². The van der Waals surface area contributed by atoms with Crippen molar-refractivity contribution in [2.75, 3.05) is 0 Å². The molecule has 2 rings (SSSR count). The molecule has 5 heteroatoms. The Morgan fingerprint density at radius 3 is 2.42 bits per heavy atom. The summed E-state index contributed by atoms with van der Waals surface area (Å²) in [6.07, 6.45) is 0.647. The average Bonchev–Trinajstić information content (AvgIpc) is 2.37. The predicted octanol–water partition coefficient (Wildman–Crippen LogP) is 4.52. The number of aldehydes is 1. The second-order valence-electron chi connectivity index (χ2n) is 3.85. The van der Waals surface area contributed by atoms with Crippen molar-refractivity contribution in [2.24, 2.45) is 0 Å². The van der Waals surface area contributed by atoms with Gasteiger partial charge in [-0.15, -0.1) is 0 Å². The molecule has 0 heterocycles. The molecule has 0 bridgehead atoms. The van der Waals surface area contributed by atoms with Crippen LogP contribution in [0.2, 0.25) is 10.0 Å². The van der Waals surface area contributed by atoms with Gasteiger partial charge in [-0.1, -0.05) is 35.3 Å². The van der Waals surface area contributed by atoms with Gasteiger partial charge in [-0.3, -0.25) is 4.79 Å². The van der Waals surface area contributed by atoms with Crippen LogP contribution in [0.3, 0.4) is 0 Å². The number of hydrogen-bond donors (Lipinski definition) is 0. The van der Waals surface area contributed by atoms with Crippen LogP contribution in [0.1, 0.15) is 15.9 Å². The van der Waals surface area contributed by atoms with Crippen LogP contribution in [0.4, 0.5) is 4.39 Å². The molecule has 0 amide bonds. The maximum Gasteiger partial charge on any atom is 0.157 e. The molecule has 0 spiro atoms. The molecule has 2 aromatic carbocycles. The molecule has 2 nitrogen and oxygen atoms in total. The second-order valence-corrected chi connectivity index (χ2v) is 4.66. The lowest BCUT2D eigenvalue weighted by atomic mass is 10.2. The maximum absolute atomic E-state index is 13.0. The summed E-state index contributed by atoms with van der Waals surface area (Å²) in [5, 5.41) is 0.483. The first-order chi connectivity index (χ1) is 9.10. The Morgan fingerprint density at radius 2 is 1.84 bits per heavy atom. The van der Waals surface area contributed by atoms with E-state index in [-0.39, 0.29) is 28.2 Å². The first-order valence-electron chi connectivity index (χ1n) is 5.41. The lowest BCUT2D eigenvalue weighted by molar-refractivity contribution is 0.112. The summed E-state index contributed by atoms with van der Waals surface area (Å²) in [5.74, 6) is -0.0622. The summed E-state index contributed by atoms with van der Waals surface area (Å²) >= 11 is 11.9. The van der Waals surface area contributed by atoms with E-state index < -0.39 is 0 Å². The van der Waals surface area contributed by atoms with Crippen LogP contribution >= 0.6 is 23.2 Å². The molecule has 2 aromatic rings. The van der Waals surface area contributed by atoms with Gasteiger partial charge in [0.15, 0.2) is 5.75 Å². The van der Waals surface area contributed by atoms with Gasteiger partial charge in [0.1, 0.15) is 18.7 Å². The van der Waals surface area contributed by atoms with Crippen LogP contribution < -0.4 is 4.74 Å². The fourth-order valence-electron chi connectivity index (χ4n) is 1.57. The fourth-order valence-corrected chi connectivity index (χ4v) is 2.18. The number of halogens is 3. The van der Waals surface area contributed by atoms with Crippen molar-refractivity contribution in [1.29, 1.82) is 0 Å². The van der Waals surface area contributed by atoms with Gasteiger partial charge in [-0.2, -0.15) is 0 Å². The lowest BCUT2D eigenvalue weighted by Crippen LogP contribution is -1.98. The van der Waals surface area contributed by atoms with Gasteiger partial charge in [0.2, 0.25) is 0 Å². The van der Waals surface area contributed by atoms with E-state index in [1.165, 1.54) is 24.3 Å². The first-order valence-corrected chi connectivity index (χ1v) is 6.17. The first kappa shape index (κ1) is 13.8. The van der Waals surface area contributed by atoms with Crippen LogP contribution in [0, 0.1) is 5.82 Å². The summed E-state index contributed by atoms with van der Waals surface area (Å²) in [4.78, 5) is 10.6. The molecule has 19 heavy (non-hydrogen) atoms. The number of rotatable bonds is 4. The van der Waals surface area contributed by atoms with Crippen molar-refractivity contribution in [3.63, 3.8) is 0 Å². The highest BCUT2D eigenvalue weighted by Gasteiger charge is 2.10. The molecule has 0 unspecified atom stereocenters. The van der Waals surface area contributed by atoms with Crippen LogP contribution in [0.5, 0.6) is 5.75 Å². The number of benzene rings is 2. The molecule has 0 radical (unpaired) electrons. The zero-order valence-electron chi connectivity index (χ0n) is 9.70. The number of hydrogen-bond acceptors (Lipinski definition) is 2. The minimum atomic E-state index is -0.338. The number of carbonyl (C=O) groups excluding carboxylic acids is 1. The Kier molecular flexibility index (Phi) is 4.40. The molecule has 0 atom stereocenters. The van der Waals surface area contributed by atoms with E-state index in [2.05, 4.69) is 0 Å². The molecule has 0 aliphatic heterocycles. The van der Waals surface area contributed by atoms with Gasteiger partial charge in [0.05, 0.1) is 10.0 Å². The third-order valence-electron chi connectivity index (χ3n) is 2.43. The van der Waals surface area contributed by atoms with Crippen LogP contribution in [-0.2, 0) is 6.61 Å². The highest BCUT2D eigenvalue weighted by molar-refractivity contribution is 6.37. The van der Waals surface area contributed by atoms with Crippen molar-refractivity contribution in [1.82, 2.24) is 0 Å². The summed E-state index contributed by atoms with van der Waals surface area (Å²) in [5.41, 5.74) is 1.03. The van der Waals surface area contributed by atoms with Crippen molar-refractivity contribution < 1.29 is 13.9 Å². The smallest absolute Gasteiger partial charge is 0.157 e. The zero-order valence-corrected chi connectivity index (χ0v) is 11.2. The van der Waals surface area contributed by atoms with E-state index in [1.54, 1.807) is 12.1 Å². The predicted molar refractivity (Wildman–Crippen MR) is 72.6 cm³/mol. The van der Waals surface area contributed by atoms with Crippen LogP contribution in [-0.4, -0.2) is 6.29 Å². The molecule has 0 saturated carbocycles. The Hall–Kier alpha value is -1.58. The van der Waals surface area contributed by atoms with Crippen LogP contribution in [0.25, 0.3) is 0 Å². The molecular formula is C14H9Cl2FO2. The van der Waals surface area contributed by atoms with E-state index in [1.807, 2.05) is 0 Å². The van der Waals surface area contributed by atoms with E-state index in [4.69, 9.17) is 27.9 Å². The molecule has 0 aromatic heterocycles. The Labute approximate surface area is 119 Å². The van der Waals surface area contributed by atoms with Gasteiger partial charge in [0.25, 0.3) is 0 Å². The van der Waals surface area contributed by atoms with Gasteiger partial charge in [-0.05, 0) is 29.8 Å². The molecule has 0 fully saturated rings. The van der Waals surface area contributed by atoms with Gasteiger partial charge in [0, 0.05) is 5.56 Å². The SMILES string of the molecule is O=Cc1cc(Cl)c(OCc2cccc(F)c2)c(Cl)c1. The fraction of sp³-hybridized carbons (Fsp3) is 0.0714. The maximum atomic E-state index is 13.0. The summed E-state index contributed by atoms with van der Waals surface area (Å²) < 4.78 is 18.5. The minimum absolute atomic E-state index is 0.137. The van der Waals surface area contributed by atoms with Crippen molar-refractivity contribution >= 4 is 29.5 Å². The molecule has 0 N–H and O–H groups in total. The summed E-state index contributed by atoms with van der Waals surface area (Å²) in [6.45, 7) is 0.137. The van der Waals surface area contributed by atoms with E-state index in [0.29, 0.717) is 17.4 Å². The normalized spacial score (nSPS) is 10.3. The molecule has 0 aliphatic carbocycles. The van der Waals surface area contributed by atoms with Crippen molar-refractivity contribution in [3.05, 3.63) is 63.4 Å². The third kappa shape index (κ3) is 3.46. The quantitative estimate of drug-likeness (QED) is 0.776. The highest BCUT2D eigenvalue weighted by atomic mass is 35.5. The van der Waals surface area contributed by atoms with E-state index >= 15 is 0 Å². The molecule has 0 aliphatic rings. The molecule has 0 saturated heterocycles. The Morgan fingerprint density at radius 1 is 1.16 bits per heavy atom. The van der Waals surface area contributed by atoms with Gasteiger partial charge in [-0.25, -0.2) is 4.39 Å². The topological polar surface area (TPSA) is 26.3 Å². The average molecular weight is 299 g/mol. The van der Waals surface area contributed by atoms with Crippen molar-refractivity contribution in [2.45, 2.75) is 6.61 Å². The second kappa shape index (κ2) is 6.04. The number of ether oxygens (including phenoxy) is 1. The molecular weight excluding hydrogens is 290 g/mol. The largest absolute Gasteiger partial charge is 0.486 e. The lowest BCUT2D eigenvalue weighted by Gasteiger charge is -2.10. The Balaban J connectivity index is 2.18. The minimum Gasteiger partial charge on any atom is -0.486 e. The third-order valence-corrected chi connectivity index (χ3v) is 2.99.